The number of nitrogens with zero attached hydrogens (tertiary/aromatic N) is 1. The van der Waals surface area contributed by atoms with Gasteiger partial charge < -0.3 is 11.1 Å². The van der Waals surface area contributed by atoms with Gasteiger partial charge in [0.1, 0.15) is 0 Å². The molecule has 0 spiro atoms. The molecule has 3 aromatic rings. The van der Waals surface area contributed by atoms with Gasteiger partial charge in [-0.05, 0) is 42.8 Å². The number of fused-ring (bicyclic) bond motifs is 1. The molecule has 1 heterocycles. The number of halogens is 1. The molecule has 1 unspecified atom stereocenters. The predicted octanol–water partition coefficient (Wildman–Crippen LogP) is 4.81. The van der Waals surface area contributed by atoms with Gasteiger partial charge in [0.2, 0.25) is 0 Å². The van der Waals surface area contributed by atoms with E-state index in [0.717, 1.165) is 25.5 Å². The van der Waals surface area contributed by atoms with E-state index < -0.39 is 0 Å². The van der Waals surface area contributed by atoms with E-state index in [0.29, 0.717) is 0 Å². The first kappa shape index (κ1) is 13.4. The molecule has 0 bridgehead atoms. The average Bonchev–Trinajstić information content (AvgIpc) is 2.80. The summed E-state index contributed by atoms with van der Waals surface area (Å²) in [5.74, 6) is 0. The molecule has 0 saturated carbocycles. The van der Waals surface area contributed by atoms with Crippen molar-refractivity contribution in [3.8, 4) is 0 Å². The number of nitrogen functional groups attached to an aromatic ring is 1. The molecule has 0 aliphatic rings. The Kier molecular flexibility index (Phi) is 3.63. The largest absolute Gasteiger partial charge is 0.399 e. The van der Waals surface area contributed by atoms with Crippen LogP contribution in [0.1, 0.15) is 18.5 Å². The van der Waals surface area contributed by atoms with E-state index in [9.17, 15) is 0 Å². The summed E-state index contributed by atoms with van der Waals surface area (Å²) in [5, 5.41) is 4.35. The van der Waals surface area contributed by atoms with E-state index >= 15 is 0 Å². The maximum absolute atomic E-state index is 5.80. The zero-order valence-electron chi connectivity index (χ0n) is 10.9. The number of aromatic nitrogens is 1. The molecule has 0 aliphatic carbocycles. The highest BCUT2D eigenvalue weighted by Crippen LogP contribution is 2.30. The molecular formula is C15H14BrN3S. The Morgan fingerprint density at radius 2 is 2.10 bits per heavy atom. The van der Waals surface area contributed by atoms with Crippen molar-refractivity contribution < 1.29 is 0 Å². The number of nitrogens with two attached hydrogens (primary N) is 1. The van der Waals surface area contributed by atoms with Gasteiger partial charge in [0.15, 0.2) is 5.13 Å². The van der Waals surface area contributed by atoms with Crippen LogP contribution in [-0.2, 0) is 0 Å². The van der Waals surface area contributed by atoms with Gasteiger partial charge in [-0.25, -0.2) is 4.98 Å². The van der Waals surface area contributed by atoms with Gasteiger partial charge in [0, 0.05) is 10.2 Å². The van der Waals surface area contributed by atoms with Crippen LogP contribution >= 0.6 is 27.3 Å². The Labute approximate surface area is 130 Å². The van der Waals surface area contributed by atoms with E-state index in [4.69, 9.17) is 5.73 Å². The van der Waals surface area contributed by atoms with Crippen molar-refractivity contribution >= 4 is 48.3 Å². The zero-order valence-corrected chi connectivity index (χ0v) is 13.3. The monoisotopic (exact) mass is 347 g/mol. The third-order valence-corrected chi connectivity index (χ3v) is 4.54. The fourth-order valence-corrected chi connectivity index (χ4v) is 3.47. The minimum absolute atomic E-state index is 0.199. The Balaban J connectivity index is 1.85. The predicted molar refractivity (Wildman–Crippen MR) is 90.2 cm³/mol. The summed E-state index contributed by atoms with van der Waals surface area (Å²) in [6, 6.07) is 14.3. The Morgan fingerprint density at radius 1 is 1.25 bits per heavy atom. The topological polar surface area (TPSA) is 50.9 Å². The van der Waals surface area contributed by atoms with Crippen LogP contribution in [0.4, 0.5) is 10.8 Å². The van der Waals surface area contributed by atoms with Crippen molar-refractivity contribution in [3.63, 3.8) is 0 Å². The Bertz CT molecular complexity index is 754. The van der Waals surface area contributed by atoms with Crippen molar-refractivity contribution in [1.82, 2.24) is 4.98 Å². The maximum atomic E-state index is 5.80. The van der Waals surface area contributed by atoms with E-state index in [2.05, 4.69) is 45.3 Å². The molecule has 20 heavy (non-hydrogen) atoms. The van der Waals surface area contributed by atoms with Crippen molar-refractivity contribution in [2.75, 3.05) is 11.1 Å². The summed E-state index contributed by atoms with van der Waals surface area (Å²) >= 11 is 5.12. The van der Waals surface area contributed by atoms with Gasteiger partial charge in [-0.2, -0.15) is 0 Å². The number of nitrogens with one attached hydrogen (secondary N) is 1. The van der Waals surface area contributed by atoms with Crippen LogP contribution in [0.2, 0.25) is 0 Å². The second-order valence-corrected chi connectivity index (χ2v) is 6.61. The van der Waals surface area contributed by atoms with E-state index in [1.165, 1.54) is 5.56 Å². The summed E-state index contributed by atoms with van der Waals surface area (Å²) < 4.78 is 2.19. The van der Waals surface area contributed by atoms with Gasteiger partial charge in [-0.3, -0.25) is 0 Å². The van der Waals surface area contributed by atoms with Crippen LogP contribution in [0.15, 0.2) is 46.9 Å². The lowest BCUT2D eigenvalue weighted by Crippen LogP contribution is -2.05. The highest BCUT2D eigenvalue weighted by molar-refractivity contribution is 9.10. The molecule has 102 valence electrons. The molecule has 3 N–H and O–H groups in total. The summed E-state index contributed by atoms with van der Waals surface area (Å²) in [6.45, 7) is 2.13. The third kappa shape index (κ3) is 2.78. The number of hydrogen-bond donors (Lipinski definition) is 2. The second-order valence-electron chi connectivity index (χ2n) is 4.67. The van der Waals surface area contributed by atoms with Gasteiger partial charge in [-0.15, -0.1) is 0 Å². The zero-order chi connectivity index (χ0) is 14.1. The molecule has 0 saturated heterocycles. The van der Waals surface area contributed by atoms with Crippen LogP contribution in [0, 0.1) is 0 Å². The van der Waals surface area contributed by atoms with Crippen molar-refractivity contribution in [3.05, 3.63) is 52.5 Å². The fourth-order valence-electron chi connectivity index (χ4n) is 2.05. The third-order valence-electron chi connectivity index (χ3n) is 3.10. The average molecular weight is 348 g/mol. The molecule has 1 aromatic heterocycles. The lowest BCUT2D eigenvalue weighted by atomic mass is 10.1. The van der Waals surface area contributed by atoms with Gasteiger partial charge in [-0.1, -0.05) is 39.4 Å². The van der Waals surface area contributed by atoms with Gasteiger partial charge in [0.05, 0.1) is 16.3 Å². The fraction of sp³-hybridized carbons (Fsp3) is 0.133. The van der Waals surface area contributed by atoms with Crippen LogP contribution in [0.3, 0.4) is 0 Å². The lowest BCUT2D eigenvalue weighted by molar-refractivity contribution is 0.881. The molecule has 3 rings (SSSR count). The molecular weight excluding hydrogens is 334 g/mol. The molecule has 0 fully saturated rings. The summed E-state index contributed by atoms with van der Waals surface area (Å²) in [7, 11) is 0. The number of hydrogen-bond acceptors (Lipinski definition) is 4. The standard InChI is InChI=1S/C15H14BrN3S/c1-9(10-3-2-4-11(16)7-10)18-15-19-13-6-5-12(17)8-14(13)20-15/h2-9H,17H2,1H3,(H,18,19). The summed E-state index contributed by atoms with van der Waals surface area (Å²) in [6.07, 6.45) is 0. The van der Waals surface area contributed by atoms with E-state index in [-0.39, 0.29) is 6.04 Å². The van der Waals surface area contributed by atoms with Gasteiger partial charge >= 0.3 is 0 Å². The minimum Gasteiger partial charge on any atom is -0.399 e. The van der Waals surface area contributed by atoms with Crippen LogP contribution in [0.5, 0.6) is 0 Å². The number of benzene rings is 2. The van der Waals surface area contributed by atoms with Crippen LogP contribution < -0.4 is 11.1 Å². The molecule has 0 radical (unpaired) electrons. The first-order chi connectivity index (χ1) is 9.61. The van der Waals surface area contributed by atoms with Crippen molar-refractivity contribution in [1.29, 1.82) is 0 Å². The highest BCUT2D eigenvalue weighted by Gasteiger charge is 2.09. The Hall–Kier alpha value is -1.59. The molecule has 3 nitrogen and oxygen atoms in total. The molecule has 0 amide bonds. The summed E-state index contributed by atoms with van der Waals surface area (Å²) in [5.41, 5.74) is 8.77. The minimum atomic E-state index is 0.199. The number of thiazole rings is 1. The Morgan fingerprint density at radius 3 is 2.90 bits per heavy atom. The van der Waals surface area contributed by atoms with Gasteiger partial charge in [0.25, 0.3) is 0 Å². The van der Waals surface area contributed by atoms with Crippen molar-refractivity contribution in [2.24, 2.45) is 0 Å². The highest BCUT2D eigenvalue weighted by atomic mass is 79.9. The van der Waals surface area contributed by atoms with E-state index in [1.807, 2.05) is 30.3 Å². The molecule has 0 aliphatic heterocycles. The molecule has 5 heteroatoms. The van der Waals surface area contributed by atoms with Crippen LogP contribution in [-0.4, -0.2) is 4.98 Å². The SMILES string of the molecule is CC(Nc1nc2ccc(N)cc2s1)c1cccc(Br)c1. The normalized spacial score (nSPS) is 12.5. The van der Waals surface area contributed by atoms with Crippen LogP contribution in [0.25, 0.3) is 10.2 Å². The van der Waals surface area contributed by atoms with E-state index in [1.54, 1.807) is 11.3 Å². The second kappa shape index (κ2) is 5.42. The first-order valence-corrected chi connectivity index (χ1v) is 7.91. The smallest absolute Gasteiger partial charge is 0.184 e. The van der Waals surface area contributed by atoms with Crippen molar-refractivity contribution in [2.45, 2.75) is 13.0 Å². The number of anilines is 2. The maximum Gasteiger partial charge on any atom is 0.184 e. The first-order valence-electron chi connectivity index (χ1n) is 6.30. The number of rotatable bonds is 3. The quantitative estimate of drug-likeness (QED) is 0.668. The molecule has 2 aromatic carbocycles. The summed E-state index contributed by atoms with van der Waals surface area (Å²) in [4.78, 5) is 4.58. The molecule has 1 atom stereocenters. The lowest BCUT2D eigenvalue weighted by Gasteiger charge is -2.13.